The van der Waals surface area contributed by atoms with Gasteiger partial charge in [-0.1, -0.05) is 6.07 Å². The van der Waals surface area contributed by atoms with Gasteiger partial charge < -0.3 is 9.47 Å². The van der Waals surface area contributed by atoms with E-state index in [-0.39, 0.29) is 12.0 Å². The lowest BCUT2D eigenvalue weighted by atomic mass is 9.67. The van der Waals surface area contributed by atoms with Crippen LogP contribution >= 0.6 is 0 Å². The van der Waals surface area contributed by atoms with Gasteiger partial charge >= 0.3 is 0 Å². The zero-order valence-electron chi connectivity index (χ0n) is 18.0. The van der Waals surface area contributed by atoms with Crippen LogP contribution in [0.2, 0.25) is 0 Å². The molecule has 2 saturated carbocycles. The summed E-state index contributed by atoms with van der Waals surface area (Å²) >= 11 is 0. The second kappa shape index (κ2) is 9.34. The van der Waals surface area contributed by atoms with Gasteiger partial charge in [-0.2, -0.15) is 10.5 Å². The Labute approximate surface area is 182 Å². The summed E-state index contributed by atoms with van der Waals surface area (Å²) in [5.74, 6) is 2.47. The third kappa shape index (κ3) is 4.34. The molecule has 2 fully saturated rings. The van der Waals surface area contributed by atoms with Crippen LogP contribution in [0.3, 0.4) is 0 Å². The number of rotatable bonds is 7. The topological polar surface area (TPSA) is 110 Å². The van der Waals surface area contributed by atoms with Gasteiger partial charge in [0.25, 0.3) is 0 Å². The smallest absolute Gasteiger partial charge is 0.161 e. The Kier molecular flexibility index (Phi) is 6.36. The van der Waals surface area contributed by atoms with Crippen molar-refractivity contribution in [3.05, 3.63) is 29.6 Å². The molecule has 0 aliphatic heterocycles. The summed E-state index contributed by atoms with van der Waals surface area (Å²) in [6.07, 6.45) is 8.25. The van der Waals surface area contributed by atoms with Gasteiger partial charge in [0, 0.05) is 5.92 Å². The van der Waals surface area contributed by atoms with Gasteiger partial charge in [0.05, 0.1) is 43.7 Å². The maximum absolute atomic E-state index is 10.2. The molecule has 1 aromatic carbocycles. The standard InChI is InChI=1S/C23H28N6O2/c1-30-20-8-7-18(15-21(20)31-19-5-2-3-6-19)23(16-25)11-9-17(10-12-23)22-26-27-28-29(22)14-4-13-24/h7-8,15,17,19H,2-6,9-12,14H2,1H3. The molecule has 162 valence electrons. The number of nitriles is 2. The zero-order chi connectivity index (χ0) is 21.7. The maximum atomic E-state index is 10.2. The minimum absolute atomic E-state index is 0.197. The van der Waals surface area contributed by atoms with E-state index >= 15 is 0 Å². The molecule has 1 aromatic heterocycles. The van der Waals surface area contributed by atoms with E-state index in [0.29, 0.717) is 18.7 Å². The van der Waals surface area contributed by atoms with Crippen LogP contribution in [0, 0.1) is 22.7 Å². The minimum Gasteiger partial charge on any atom is -0.493 e. The maximum Gasteiger partial charge on any atom is 0.161 e. The highest BCUT2D eigenvalue weighted by Gasteiger charge is 2.39. The van der Waals surface area contributed by atoms with Gasteiger partial charge in [0.15, 0.2) is 17.3 Å². The first-order chi connectivity index (χ1) is 15.2. The molecule has 0 unspecified atom stereocenters. The van der Waals surface area contributed by atoms with Crippen molar-refractivity contribution in [1.82, 2.24) is 20.2 Å². The van der Waals surface area contributed by atoms with E-state index in [0.717, 1.165) is 55.7 Å². The van der Waals surface area contributed by atoms with Gasteiger partial charge in [-0.3, -0.25) is 0 Å². The number of benzene rings is 1. The van der Waals surface area contributed by atoms with Crippen LogP contribution in [-0.4, -0.2) is 33.4 Å². The van der Waals surface area contributed by atoms with Crippen molar-refractivity contribution >= 4 is 0 Å². The number of hydrogen-bond acceptors (Lipinski definition) is 7. The molecule has 2 aromatic rings. The average molecular weight is 421 g/mol. The molecule has 0 N–H and O–H groups in total. The lowest BCUT2D eigenvalue weighted by molar-refractivity contribution is 0.200. The fraction of sp³-hybridized carbons (Fsp3) is 0.609. The Balaban J connectivity index is 1.52. The Morgan fingerprint density at radius 2 is 1.90 bits per heavy atom. The van der Waals surface area contributed by atoms with Crippen LogP contribution in [0.5, 0.6) is 11.5 Å². The molecular formula is C23H28N6O2. The molecule has 0 saturated heterocycles. The second-order valence-electron chi connectivity index (χ2n) is 8.53. The fourth-order valence-electron chi connectivity index (χ4n) is 4.91. The van der Waals surface area contributed by atoms with Crippen molar-refractivity contribution in [2.75, 3.05) is 7.11 Å². The summed E-state index contributed by atoms with van der Waals surface area (Å²) < 4.78 is 13.5. The van der Waals surface area contributed by atoms with Crippen LogP contribution in [-0.2, 0) is 12.0 Å². The Hall–Kier alpha value is -3.13. The lowest BCUT2D eigenvalue weighted by Gasteiger charge is -2.35. The molecule has 31 heavy (non-hydrogen) atoms. The Morgan fingerprint density at radius 3 is 2.58 bits per heavy atom. The van der Waals surface area contributed by atoms with Crippen molar-refractivity contribution in [1.29, 1.82) is 10.5 Å². The average Bonchev–Trinajstić information content (AvgIpc) is 3.50. The fourth-order valence-corrected chi connectivity index (χ4v) is 4.91. The first kappa shape index (κ1) is 21.1. The molecule has 8 heteroatoms. The zero-order valence-corrected chi connectivity index (χ0v) is 18.0. The molecule has 0 atom stereocenters. The Morgan fingerprint density at radius 1 is 1.13 bits per heavy atom. The van der Waals surface area contributed by atoms with Gasteiger partial charge in [0.1, 0.15) is 0 Å². The van der Waals surface area contributed by atoms with Gasteiger partial charge in [-0.25, -0.2) is 4.68 Å². The van der Waals surface area contributed by atoms with Gasteiger partial charge in [-0.15, -0.1) is 5.10 Å². The second-order valence-corrected chi connectivity index (χ2v) is 8.53. The third-order valence-corrected chi connectivity index (χ3v) is 6.73. The van der Waals surface area contributed by atoms with E-state index in [9.17, 15) is 5.26 Å². The molecule has 0 bridgehead atoms. The predicted octanol–water partition coefficient (Wildman–Crippen LogP) is 4.04. The predicted molar refractivity (Wildman–Crippen MR) is 112 cm³/mol. The molecule has 8 nitrogen and oxygen atoms in total. The summed E-state index contributed by atoms with van der Waals surface area (Å²) in [4.78, 5) is 0. The van der Waals surface area contributed by atoms with E-state index < -0.39 is 5.41 Å². The molecule has 2 aliphatic carbocycles. The van der Waals surface area contributed by atoms with Crippen molar-refractivity contribution in [2.45, 2.75) is 81.8 Å². The Bertz CT molecular complexity index is 975. The van der Waals surface area contributed by atoms with E-state index in [1.807, 2.05) is 18.2 Å². The van der Waals surface area contributed by atoms with E-state index in [1.54, 1.807) is 11.8 Å². The van der Waals surface area contributed by atoms with Crippen molar-refractivity contribution in [3.63, 3.8) is 0 Å². The van der Waals surface area contributed by atoms with Crippen LogP contribution in [0.4, 0.5) is 0 Å². The SMILES string of the molecule is COc1ccc(C2(C#N)CCC(c3nnnn3CCC#N)CC2)cc1OC1CCCC1. The molecule has 0 amide bonds. The van der Waals surface area contributed by atoms with E-state index in [4.69, 9.17) is 14.7 Å². The van der Waals surface area contributed by atoms with E-state index in [2.05, 4.69) is 27.7 Å². The van der Waals surface area contributed by atoms with Gasteiger partial charge in [-0.05, 0) is 79.5 Å². The summed E-state index contributed by atoms with van der Waals surface area (Å²) in [6.45, 7) is 0.499. The highest BCUT2D eigenvalue weighted by atomic mass is 16.5. The number of aromatic nitrogens is 4. The van der Waals surface area contributed by atoms with Crippen molar-refractivity contribution < 1.29 is 9.47 Å². The van der Waals surface area contributed by atoms with Crippen LogP contribution in [0.1, 0.15) is 75.1 Å². The number of methoxy groups -OCH3 is 1. The number of hydrogen-bond donors (Lipinski definition) is 0. The third-order valence-electron chi connectivity index (χ3n) is 6.73. The molecule has 2 aliphatic rings. The molecule has 0 spiro atoms. The normalized spacial score (nSPS) is 23.8. The van der Waals surface area contributed by atoms with Crippen molar-refractivity contribution in [2.24, 2.45) is 0 Å². The quantitative estimate of drug-likeness (QED) is 0.665. The summed E-state index contributed by atoms with van der Waals surface area (Å²) in [5, 5.41) is 31.1. The molecule has 1 heterocycles. The number of aryl methyl sites for hydroxylation is 1. The van der Waals surface area contributed by atoms with Crippen molar-refractivity contribution in [3.8, 4) is 23.6 Å². The summed E-state index contributed by atoms with van der Waals surface area (Å²) in [5.41, 5.74) is 0.438. The molecule has 4 rings (SSSR count). The minimum atomic E-state index is -0.554. The van der Waals surface area contributed by atoms with Crippen LogP contribution in [0.15, 0.2) is 18.2 Å². The van der Waals surface area contributed by atoms with E-state index in [1.165, 1.54) is 12.8 Å². The monoisotopic (exact) mass is 420 g/mol. The first-order valence-corrected chi connectivity index (χ1v) is 11.1. The first-order valence-electron chi connectivity index (χ1n) is 11.1. The number of tetrazole rings is 1. The van der Waals surface area contributed by atoms with Crippen LogP contribution < -0.4 is 9.47 Å². The summed E-state index contributed by atoms with van der Waals surface area (Å²) in [6, 6.07) is 10.7. The van der Waals surface area contributed by atoms with Crippen LogP contribution in [0.25, 0.3) is 0 Å². The molecule has 0 radical (unpaired) electrons. The highest BCUT2D eigenvalue weighted by molar-refractivity contribution is 5.47. The number of nitrogens with zero attached hydrogens (tertiary/aromatic N) is 6. The highest BCUT2D eigenvalue weighted by Crippen LogP contribution is 2.46. The van der Waals surface area contributed by atoms with Gasteiger partial charge in [0.2, 0.25) is 0 Å². The summed E-state index contributed by atoms with van der Waals surface area (Å²) in [7, 11) is 1.65. The number of ether oxygens (including phenoxy) is 2. The largest absolute Gasteiger partial charge is 0.493 e. The molecular weight excluding hydrogens is 392 g/mol. The lowest BCUT2D eigenvalue weighted by Crippen LogP contribution is -2.30.